The Morgan fingerprint density at radius 3 is 2.67 bits per heavy atom. The van der Waals surface area contributed by atoms with Crippen LogP contribution in [-0.2, 0) is 9.47 Å². The third-order valence-electron chi connectivity index (χ3n) is 3.31. The molecule has 0 aromatic carbocycles. The molecule has 2 aliphatic rings. The minimum absolute atomic E-state index is 0.0961. The van der Waals surface area contributed by atoms with Crippen molar-refractivity contribution in [3.05, 3.63) is 12.2 Å². The predicted molar refractivity (Wildman–Crippen MR) is 60.2 cm³/mol. The fraction of sp³-hybridized carbons (Fsp3) is 0.750. The number of nitrogens with zero attached hydrogens (tertiary/aromatic N) is 1. The highest BCUT2D eigenvalue weighted by Crippen LogP contribution is 2.31. The van der Waals surface area contributed by atoms with Gasteiger partial charge in [-0.3, -0.25) is 0 Å². The molecule has 18 heavy (non-hydrogen) atoms. The molecule has 1 saturated heterocycles. The van der Waals surface area contributed by atoms with E-state index in [0.717, 1.165) is 0 Å². The molecular weight excluding hydrogens is 238 g/mol. The van der Waals surface area contributed by atoms with Crippen molar-refractivity contribution >= 4 is 0 Å². The van der Waals surface area contributed by atoms with E-state index in [1.807, 2.05) is 6.07 Å². The van der Waals surface area contributed by atoms with Gasteiger partial charge in [-0.25, -0.2) is 0 Å². The quantitative estimate of drug-likeness (QED) is 0.572. The molecule has 100 valence electrons. The predicted octanol–water partition coefficient (Wildman–Crippen LogP) is -0.557. The number of rotatable bonds is 2. The van der Waals surface area contributed by atoms with Gasteiger partial charge in [0.15, 0.2) is 11.9 Å². The molecule has 1 aliphatic heterocycles. The van der Waals surface area contributed by atoms with Crippen LogP contribution in [0.1, 0.15) is 19.8 Å². The molecule has 0 spiro atoms. The van der Waals surface area contributed by atoms with Crippen molar-refractivity contribution in [3.8, 4) is 6.07 Å². The summed E-state index contributed by atoms with van der Waals surface area (Å²) in [6.45, 7) is 1.63. The van der Waals surface area contributed by atoms with Gasteiger partial charge >= 0.3 is 0 Å². The molecule has 3 N–H and O–H groups in total. The van der Waals surface area contributed by atoms with E-state index < -0.39 is 36.3 Å². The molecule has 6 unspecified atom stereocenters. The molecule has 0 saturated carbocycles. The van der Waals surface area contributed by atoms with E-state index in [-0.39, 0.29) is 12.8 Å². The van der Waals surface area contributed by atoms with Gasteiger partial charge in [0.1, 0.15) is 12.2 Å². The highest BCUT2D eigenvalue weighted by Gasteiger charge is 2.42. The third kappa shape index (κ3) is 2.55. The van der Waals surface area contributed by atoms with Gasteiger partial charge in [-0.15, -0.1) is 0 Å². The first-order valence-corrected chi connectivity index (χ1v) is 5.94. The molecule has 0 bridgehead atoms. The zero-order valence-electron chi connectivity index (χ0n) is 10.1. The second-order valence-electron chi connectivity index (χ2n) is 4.81. The molecule has 0 aromatic heterocycles. The Morgan fingerprint density at radius 2 is 2.17 bits per heavy atom. The number of ether oxygens (including phenoxy) is 2. The number of hydrogen-bond acceptors (Lipinski definition) is 6. The summed E-state index contributed by atoms with van der Waals surface area (Å²) in [5.74, 6) is 0. The van der Waals surface area contributed by atoms with E-state index in [1.165, 1.54) is 12.2 Å². The van der Waals surface area contributed by atoms with Gasteiger partial charge in [0, 0.05) is 12.8 Å². The van der Waals surface area contributed by atoms with Crippen molar-refractivity contribution in [1.82, 2.24) is 0 Å². The lowest BCUT2D eigenvalue weighted by Crippen LogP contribution is -2.49. The van der Waals surface area contributed by atoms with Crippen LogP contribution in [0.2, 0.25) is 0 Å². The van der Waals surface area contributed by atoms with Gasteiger partial charge in [-0.1, -0.05) is 6.08 Å². The van der Waals surface area contributed by atoms with E-state index in [1.54, 1.807) is 6.92 Å². The summed E-state index contributed by atoms with van der Waals surface area (Å²) in [4.78, 5) is 0. The van der Waals surface area contributed by atoms with Crippen LogP contribution in [-0.4, -0.2) is 51.6 Å². The Morgan fingerprint density at radius 1 is 1.44 bits per heavy atom. The SMILES string of the molecule is CC1OC(OC2(C#N)C=CC(O)C2)CC(O)C1O. The second kappa shape index (κ2) is 4.96. The maximum atomic E-state index is 9.64. The summed E-state index contributed by atoms with van der Waals surface area (Å²) in [6.07, 6.45) is -0.685. The van der Waals surface area contributed by atoms with Crippen LogP contribution in [0.15, 0.2) is 12.2 Å². The molecule has 1 heterocycles. The van der Waals surface area contributed by atoms with Crippen molar-refractivity contribution in [2.45, 2.75) is 56.1 Å². The first-order chi connectivity index (χ1) is 8.46. The second-order valence-corrected chi connectivity index (χ2v) is 4.81. The lowest BCUT2D eigenvalue weighted by Gasteiger charge is -2.37. The van der Waals surface area contributed by atoms with Gasteiger partial charge in [0.05, 0.1) is 18.3 Å². The molecule has 0 aromatic rings. The molecule has 6 heteroatoms. The number of aliphatic hydroxyl groups is 3. The van der Waals surface area contributed by atoms with Crippen LogP contribution in [0.5, 0.6) is 0 Å². The largest absolute Gasteiger partial charge is 0.390 e. The van der Waals surface area contributed by atoms with Crippen LogP contribution in [0.3, 0.4) is 0 Å². The molecular formula is C12H17NO5. The van der Waals surface area contributed by atoms with E-state index in [0.29, 0.717) is 0 Å². The van der Waals surface area contributed by atoms with Gasteiger partial charge < -0.3 is 24.8 Å². The minimum atomic E-state index is -1.22. The van der Waals surface area contributed by atoms with Crippen molar-refractivity contribution in [3.63, 3.8) is 0 Å². The van der Waals surface area contributed by atoms with Crippen LogP contribution in [0.25, 0.3) is 0 Å². The Bertz CT molecular complexity index is 367. The number of hydrogen-bond donors (Lipinski definition) is 3. The fourth-order valence-electron chi connectivity index (χ4n) is 2.25. The van der Waals surface area contributed by atoms with E-state index in [9.17, 15) is 15.3 Å². The van der Waals surface area contributed by atoms with Crippen molar-refractivity contribution < 1.29 is 24.8 Å². The summed E-state index contributed by atoms with van der Waals surface area (Å²) in [7, 11) is 0. The summed E-state index contributed by atoms with van der Waals surface area (Å²) < 4.78 is 10.9. The molecule has 1 aliphatic carbocycles. The average molecular weight is 255 g/mol. The third-order valence-corrected chi connectivity index (χ3v) is 3.31. The van der Waals surface area contributed by atoms with Gasteiger partial charge in [-0.2, -0.15) is 5.26 Å². The maximum Gasteiger partial charge on any atom is 0.178 e. The summed E-state index contributed by atoms with van der Waals surface area (Å²) in [5, 5.41) is 37.7. The summed E-state index contributed by atoms with van der Waals surface area (Å²) in [6, 6.07) is 2.00. The Balaban J connectivity index is 2.02. The highest BCUT2D eigenvalue weighted by molar-refractivity contribution is 5.24. The molecule has 2 rings (SSSR count). The standard InChI is InChI=1S/C12H17NO5/c1-7-11(16)9(15)4-10(17-7)18-12(6-13)3-2-8(14)5-12/h2-3,7-11,14-16H,4-5H2,1H3. The monoisotopic (exact) mass is 255 g/mol. The first kappa shape index (κ1) is 13.5. The van der Waals surface area contributed by atoms with Crippen LogP contribution in [0, 0.1) is 11.3 Å². The smallest absolute Gasteiger partial charge is 0.178 e. The lowest BCUT2D eigenvalue weighted by molar-refractivity contribution is -0.265. The number of aliphatic hydroxyl groups excluding tert-OH is 3. The minimum Gasteiger partial charge on any atom is -0.390 e. The normalized spacial score (nSPS) is 48.1. The average Bonchev–Trinajstić information content (AvgIpc) is 2.68. The fourth-order valence-corrected chi connectivity index (χ4v) is 2.25. The molecule has 6 atom stereocenters. The molecule has 1 fully saturated rings. The zero-order chi connectivity index (χ0) is 13.3. The maximum absolute atomic E-state index is 9.64. The summed E-state index contributed by atoms with van der Waals surface area (Å²) in [5.41, 5.74) is -1.22. The van der Waals surface area contributed by atoms with Crippen LogP contribution in [0.4, 0.5) is 0 Å². The Labute approximate surface area is 105 Å². The lowest BCUT2D eigenvalue weighted by atomic mass is 10.0. The molecule has 6 nitrogen and oxygen atoms in total. The molecule has 0 radical (unpaired) electrons. The highest BCUT2D eigenvalue weighted by atomic mass is 16.7. The molecule has 0 amide bonds. The first-order valence-electron chi connectivity index (χ1n) is 5.94. The van der Waals surface area contributed by atoms with E-state index >= 15 is 0 Å². The van der Waals surface area contributed by atoms with Crippen LogP contribution >= 0.6 is 0 Å². The Hall–Kier alpha value is -0.970. The van der Waals surface area contributed by atoms with Gasteiger partial charge in [0.2, 0.25) is 0 Å². The van der Waals surface area contributed by atoms with E-state index in [2.05, 4.69) is 0 Å². The zero-order valence-corrected chi connectivity index (χ0v) is 10.1. The summed E-state index contributed by atoms with van der Waals surface area (Å²) >= 11 is 0. The van der Waals surface area contributed by atoms with Gasteiger partial charge in [-0.05, 0) is 13.0 Å². The van der Waals surface area contributed by atoms with E-state index in [4.69, 9.17) is 14.7 Å². The topological polar surface area (TPSA) is 103 Å². The number of nitriles is 1. The Kier molecular flexibility index (Phi) is 3.71. The van der Waals surface area contributed by atoms with Crippen molar-refractivity contribution in [2.75, 3.05) is 0 Å². The van der Waals surface area contributed by atoms with Crippen molar-refractivity contribution in [2.24, 2.45) is 0 Å². The van der Waals surface area contributed by atoms with Gasteiger partial charge in [0.25, 0.3) is 0 Å². The van der Waals surface area contributed by atoms with Crippen molar-refractivity contribution in [1.29, 1.82) is 5.26 Å². The van der Waals surface area contributed by atoms with Crippen LogP contribution < -0.4 is 0 Å².